The highest BCUT2D eigenvalue weighted by atomic mass is 32.1. The summed E-state index contributed by atoms with van der Waals surface area (Å²) in [6.45, 7) is 2.72. The van der Waals surface area contributed by atoms with Crippen molar-refractivity contribution in [3.63, 3.8) is 0 Å². The van der Waals surface area contributed by atoms with Crippen molar-refractivity contribution >= 4 is 23.7 Å². The van der Waals surface area contributed by atoms with Crippen molar-refractivity contribution in [1.29, 1.82) is 0 Å². The summed E-state index contributed by atoms with van der Waals surface area (Å²) in [6, 6.07) is 6.40. The third-order valence-corrected chi connectivity index (χ3v) is 4.32. The van der Waals surface area contributed by atoms with Gasteiger partial charge in [0.1, 0.15) is 11.6 Å². The van der Waals surface area contributed by atoms with E-state index in [2.05, 4.69) is 15.5 Å². The Hall–Kier alpha value is -2.28. The number of allylic oxidation sites excluding steroid dienone is 1. The van der Waals surface area contributed by atoms with Crippen molar-refractivity contribution in [2.75, 3.05) is 6.54 Å². The Morgan fingerprint density at radius 2 is 2.25 bits per heavy atom. The van der Waals surface area contributed by atoms with Gasteiger partial charge in [-0.25, -0.2) is 4.39 Å². The van der Waals surface area contributed by atoms with Crippen LogP contribution in [0.5, 0.6) is 0 Å². The topological polar surface area (TPSA) is 62.7 Å². The van der Waals surface area contributed by atoms with Crippen molar-refractivity contribution in [3.8, 4) is 0 Å². The molecule has 24 heavy (non-hydrogen) atoms. The van der Waals surface area contributed by atoms with Gasteiger partial charge in [0.15, 0.2) is 4.77 Å². The molecule has 0 saturated heterocycles. The number of hydrogen-bond donors (Lipinski definition) is 2. The van der Waals surface area contributed by atoms with Gasteiger partial charge in [-0.2, -0.15) is 5.10 Å². The molecular formula is C17H19FN4OS. The minimum Gasteiger partial charge on any atom is -0.351 e. The smallest absolute Gasteiger partial charge is 0.244 e. The number of H-pyrrole nitrogens is 1. The molecule has 0 spiro atoms. The molecule has 1 saturated carbocycles. The minimum atomic E-state index is -0.335. The third-order valence-electron chi connectivity index (χ3n) is 4.01. The predicted octanol–water partition coefficient (Wildman–Crippen LogP) is 3.18. The van der Waals surface area contributed by atoms with Crippen molar-refractivity contribution in [2.45, 2.75) is 32.2 Å². The van der Waals surface area contributed by atoms with E-state index in [1.165, 1.54) is 12.1 Å². The molecule has 0 bridgehead atoms. The van der Waals surface area contributed by atoms with E-state index in [1.807, 2.05) is 4.57 Å². The standard InChI is InChI=1S/C17H19FN4OS/c1-11(13-4-2-3-5-14(13)18)10-15(23)19-8-9-22-16(12-6-7-12)20-21-17(22)24/h2-5,10,12H,6-9H2,1H3,(H,19,23)(H,21,24). The first-order chi connectivity index (χ1) is 11.6. The monoisotopic (exact) mass is 346 g/mol. The summed E-state index contributed by atoms with van der Waals surface area (Å²) in [5, 5.41) is 9.87. The second-order valence-corrected chi connectivity index (χ2v) is 6.30. The molecule has 1 aliphatic carbocycles. The van der Waals surface area contributed by atoms with E-state index in [0.29, 0.717) is 34.9 Å². The zero-order valence-corrected chi connectivity index (χ0v) is 14.2. The molecule has 2 N–H and O–H groups in total. The molecule has 7 heteroatoms. The number of carbonyl (C=O) groups is 1. The molecule has 1 aliphatic rings. The van der Waals surface area contributed by atoms with Crippen molar-refractivity contribution in [3.05, 3.63) is 52.3 Å². The second-order valence-electron chi connectivity index (χ2n) is 5.91. The molecule has 1 fully saturated rings. The van der Waals surface area contributed by atoms with E-state index in [1.54, 1.807) is 25.1 Å². The van der Waals surface area contributed by atoms with Crippen LogP contribution in [0.1, 0.15) is 37.1 Å². The highest BCUT2D eigenvalue weighted by Crippen LogP contribution is 2.38. The molecule has 1 aromatic carbocycles. The van der Waals surface area contributed by atoms with Crippen LogP contribution in [0.15, 0.2) is 30.3 Å². The first-order valence-corrected chi connectivity index (χ1v) is 8.33. The number of carbonyl (C=O) groups excluding carboxylic acids is 1. The lowest BCUT2D eigenvalue weighted by molar-refractivity contribution is -0.116. The van der Waals surface area contributed by atoms with Gasteiger partial charge in [0.25, 0.3) is 0 Å². The summed E-state index contributed by atoms with van der Waals surface area (Å²) in [4.78, 5) is 12.0. The van der Waals surface area contributed by atoms with Gasteiger partial charge in [0.2, 0.25) is 5.91 Å². The quantitative estimate of drug-likeness (QED) is 0.624. The Morgan fingerprint density at radius 1 is 1.50 bits per heavy atom. The lowest BCUT2D eigenvalue weighted by atomic mass is 10.1. The van der Waals surface area contributed by atoms with Crippen molar-refractivity contribution < 1.29 is 9.18 Å². The predicted molar refractivity (Wildman–Crippen MR) is 92.4 cm³/mol. The van der Waals surface area contributed by atoms with Gasteiger partial charge in [-0.1, -0.05) is 18.2 Å². The zero-order chi connectivity index (χ0) is 17.1. The Labute approximate surface area is 144 Å². The second kappa shape index (κ2) is 7.09. The molecule has 126 valence electrons. The zero-order valence-electron chi connectivity index (χ0n) is 13.4. The normalized spacial score (nSPS) is 14.7. The fourth-order valence-corrected chi connectivity index (χ4v) is 2.83. The number of benzene rings is 1. The maximum Gasteiger partial charge on any atom is 0.244 e. The van der Waals surface area contributed by atoms with E-state index < -0.39 is 0 Å². The summed E-state index contributed by atoms with van der Waals surface area (Å²) in [7, 11) is 0. The molecule has 0 aliphatic heterocycles. The lowest BCUT2D eigenvalue weighted by Gasteiger charge is -2.07. The van der Waals surface area contributed by atoms with Gasteiger partial charge in [-0.05, 0) is 43.6 Å². The first-order valence-electron chi connectivity index (χ1n) is 7.92. The molecule has 1 heterocycles. The molecule has 5 nitrogen and oxygen atoms in total. The van der Waals surface area contributed by atoms with Crippen LogP contribution in [0.3, 0.4) is 0 Å². The number of nitrogens with one attached hydrogen (secondary N) is 2. The van der Waals surface area contributed by atoms with Gasteiger partial charge in [-0.15, -0.1) is 0 Å². The molecule has 3 rings (SSSR count). The van der Waals surface area contributed by atoms with E-state index in [4.69, 9.17) is 12.2 Å². The maximum atomic E-state index is 13.7. The van der Waals surface area contributed by atoms with Crippen LogP contribution in [0.2, 0.25) is 0 Å². The van der Waals surface area contributed by atoms with E-state index in [-0.39, 0.29) is 11.7 Å². The van der Waals surface area contributed by atoms with Crippen LogP contribution in [-0.4, -0.2) is 27.2 Å². The van der Waals surface area contributed by atoms with Crippen LogP contribution < -0.4 is 5.32 Å². The fourth-order valence-electron chi connectivity index (χ4n) is 2.60. The minimum absolute atomic E-state index is 0.251. The first kappa shape index (κ1) is 16.6. The average molecular weight is 346 g/mol. The Balaban J connectivity index is 1.58. The number of nitrogens with zero attached hydrogens (tertiary/aromatic N) is 2. The number of rotatable bonds is 6. The summed E-state index contributed by atoms with van der Waals surface area (Å²) in [5.74, 6) is 0.862. The molecule has 1 amide bonds. The number of amides is 1. The number of hydrogen-bond acceptors (Lipinski definition) is 3. The highest BCUT2D eigenvalue weighted by molar-refractivity contribution is 7.71. The van der Waals surface area contributed by atoms with Crippen LogP contribution in [0.4, 0.5) is 4.39 Å². The van der Waals surface area contributed by atoms with Crippen LogP contribution >= 0.6 is 12.2 Å². The van der Waals surface area contributed by atoms with Crippen molar-refractivity contribution in [1.82, 2.24) is 20.1 Å². The number of aromatic amines is 1. The number of aromatic nitrogens is 3. The van der Waals surface area contributed by atoms with Gasteiger partial charge in [0.05, 0.1) is 0 Å². The average Bonchev–Trinajstić information content (AvgIpc) is 3.32. The summed E-state index contributed by atoms with van der Waals surface area (Å²) >= 11 is 5.23. The van der Waals surface area contributed by atoms with Gasteiger partial charge in [-0.3, -0.25) is 9.89 Å². The molecular weight excluding hydrogens is 327 g/mol. The van der Waals surface area contributed by atoms with E-state index in [9.17, 15) is 9.18 Å². The largest absolute Gasteiger partial charge is 0.351 e. The van der Waals surface area contributed by atoms with Gasteiger partial charge < -0.3 is 9.88 Å². The Kier molecular flexibility index (Phi) is 4.89. The molecule has 0 unspecified atom stereocenters. The van der Waals surface area contributed by atoms with Crippen LogP contribution in [0, 0.1) is 10.6 Å². The lowest BCUT2D eigenvalue weighted by Crippen LogP contribution is -2.26. The Morgan fingerprint density at radius 3 is 2.96 bits per heavy atom. The summed E-state index contributed by atoms with van der Waals surface area (Å²) in [5.41, 5.74) is 1.02. The van der Waals surface area contributed by atoms with Crippen LogP contribution in [-0.2, 0) is 11.3 Å². The van der Waals surface area contributed by atoms with Crippen LogP contribution in [0.25, 0.3) is 5.57 Å². The van der Waals surface area contributed by atoms with E-state index >= 15 is 0 Å². The van der Waals surface area contributed by atoms with Gasteiger partial charge >= 0.3 is 0 Å². The highest BCUT2D eigenvalue weighted by Gasteiger charge is 2.28. The molecule has 0 radical (unpaired) electrons. The SMILES string of the molecule is CC(=CC(=O)NCCn1c(C2CC2)n[nH]c1=S)c1ccccc1F. The van der Waals surface area contributed by atoms with Crippen molar-refractivity contribution in [2.24, 2.45) is 0 Å². The number of halogens is 1. The maximum absolute atomic E-state index is 13.7. The third kappa shape index (κ3) is 3.79. The molecule has 2 aromatic rings. The fraction of sp³-hybridized carbons (Fsp3) is 0.353. The molecule has 1 aromatic heterocycles. The summed E-state index contributed by atoms with van der Waals surface area (Å²) < 4.78 is 16.2. The Bertz CT molecular complexity index is 835. The van der Waals surface area contributed by atoms with Gasteiger partial charge in [0, 0.05) is 30.6 Å². The molecule has 0 atom stereocenters. The van der Waals surface area contributed by atoms with E-state index in [0.717, 1.165) is 18.7 Å². The summed E-state index contributed by atoms with van der Waals surface area (Å²) in [6.07, 6.45) is 3.68.